The number of halogens is 1. The summed E-state index contributed by atoms with van der Waals surface area (Å²) in [5.74, 6) is 0. The van der Waals surface area contributed by atoms with Gasteiger partial charge >= 0.3 is 0 Å². The summed E-state index contributed by atoms with van der Waals surface area (Å²) in [4.78, 5) is 2.49. The minimum Gasteiger partial charge on any atom is -0.378 e. The van der Waals surface area contributed by atoms with Crippen LogP contribution in [0, 0.1) is 0 Å². The van der Waals surface area contributed by atoms with E-state index in [9.17, 15) is 0 Å². The SMILES string of the molecule is CCC1COCCN1C(CN)c1cccc(Br)c1. The van der Waals surface area contributed by atoms with Gasteiger partial charge in [0.2, 0.25) is 0 Å². The van der Waals surface area contributed by atoms with Crippen LogP contribution in [0.5, 0.6) is 0 Å². The van der Waals surface area contributed by atoms with Crippen LogP contribution in [-0.4, -0.2) is 37.2 Å². The van der Waals surface area contributed by atoms with Crippen LogP contribution >= 0.6 is 15.9 Å². The first-order valence-electron chi connectivity index (χ1n) is 6.55. The number of nitrogens with zero attached hydrogens (tertiary/aromatic N) is 1. The number of nitrogens with two attached hydrogens (primary N) is 1. The van der Waals surface area contributed by atoms with Crippen LogP contribution in [0.25, 0.3) is 0 Å². The van der Waals surface area contributed by atoms with Gasteiger partial charge in [-0.15, -0.1) is 0 Å². The molecule has 0 radical (unpaired) electrons. The molecule has 1 aromatic carbocycles. The standard InChI is InChI=1S/C14H21BrN2O/c1-2-13-10-18-7-6-17(13)14(9-16)11-4-3-5-12(15)8-11/h3-5,8,13-14H,2,6-7,9-10,16H2,1H3. The highest BCUT2D eigenvalue weighted by atomic mass is 79.9. The molecule has 0 amide bonds. The van der Waals surface area contributed by atoms with Crippen LogP contribution < -0.4 is 5.73 Å². The minimum atomic E-state index is 0.288. The summed E-state index contributed by atoms with van der Waals surface area (Å²) in [5, 5.41) is 0. The molecule has 1 aliphatic heterocycles. The van der Waals surface area contributed by atoms with Gasteiger partial charge in [0, 0.05) is 29.6 Å². The van der Waals surface area contributed by atoms with Gasteiger partial charge in [0.1, 0.15) is 0 Å². The Bertz CT molecular complexity index is 386. The Morgan fingerprint density at radius 2 is 2.39 bits per heavy atom. The van der Waals surface area contributed by atoms with E-state index in [-0.39, 0.29) is 6.04 Å². The molecule has 2 rings (SSSR count). The number of morpholine rings is 1. The average molecular weight is 313 g/mol. The number of rotatable bonds is 4. The van der Waals surface area contributed by atoms with Crippen molar-refractivity contribution in [3.05, 3.63) is 34.3 Å². The van der Waals surface area contributed by atoms with Crippen LogP contribution in [0.15, 0.2) is 28.7 Å². The third kappa shape index (κ3) is 3.12. The summed E-state index contributed by atoms with van der Waals surface area (Å²) in [7, 11) is 0. The average Bonchev–Trinajstić information content (AvgIpc) is 2.40. The predicted molar refractivity (Wildman–Crippen MR) is 77.5 cm³/mol. The molecule has 4 heteroatoms. The van der Waals surface area contributed by atoms with Crippen LogP contribution in [0.1, 0.15) is 24.9 Å². The van der Waals surface area contributed by atoms with Crippen molar-refractivity contribution in [2.45, 2.75) is 25.4 Å². The van der Waals surface area contributed by atoms with E-state index in [1.807, 2.05) is 6.07 Å². The van der Waals surface area contributed by atoms with E-state index in [2.05, 4.69) is 46.0 Å². The monoisotopic (exact) mass is 312 g/mol. The fraction of sp³-hybridized carbons (Fsp3) is 0.571. The lowest BCUT2D eigenvalue weighted by atomic mass is 10.0. The first-order chi connectivity index (χ1) is 8.76. The molecule has 1 saturated heterocycles. The van der Waals surface area contributed by atoms with Gasteiger partial charge in [-0.25, -0.2) is 0 Å². The van der Waals surface area contributed by atoms with Crippen molar-refractivity contribution >= 4 is 15.9 Å². The molecule has 0 saturated carbocycles. The second-order valence-corrected chi connectivity index (χ2v) is 5.60. The molecule has 1 aliphatic rings. The number of hydrogen-bond donors (Lipinski definition) is 1. The molecule has 2 N–H and O–H groups in total. The Hall–Kier alpha value is -0.420. The fourth-order valence-corrected chi connectivity index (χ4v) is 3.02. The van der Waals surface area contributed by atoms with E-state index in [0.717, 1.165) is 30.7 Å². The Kier molecular flexibility index (Phi) is 5.18. The van der Waals surface area contributed by atoms with Gasteiger partial charge in [-0.1, -0.05) is 35.0 Å². The number of hydrogen-bond acceptors (Lipinski definition) is 3. The Balaban J connectivity index is 2.21. The molecule has 0 spiro atoms. The summed E-state index contributed by atoms with van der Waals surface area (Å²) in [5.41, 5.74) is 7.29. The zero-order valence-corrected chi connectivity index (χ0v) is 12.4. The molecule has 2 unspecified atom stereocenters. The van der Waals surface area contributed by atoms with E-state index in [1.165, 1.54) is 5.56 Å². The largest absolute Gasteiger partial charge is 0.378 e. The molecule has 1 fully saturated rings. The summed E-state index contributed by atoms with van der Waals surface area (Å²) >= 11 is 3.53. The van der Waals surface area contributed by atoms with E-state index < -0.39 is 0 Å². The lowest BCUT2D eigenvalue weighted by molar-refractivity contribution is -0.0291. The fourth-order valence-electron chi connectivity index (χ4n) is 2.61. The highest BCUT2D eigenvalue weighted by molar-refractivity contribution is 9.10. The third-order valence-electron chi connectivity index (χ3n) is 3.60. The Morgan fingerprint density at radius 1 is 1.56 bits per heavy atom. The molecule has 18 heavy (non-hydrogen) atoms. The zero-order valence-electron chi connectivity index (χ0n) is 10.8. The Labute approximate surface area is 117 Å². The smallest absolute Gasteiger partial charge is 0.0622 e. The maximum absolute atomic E-state index is 6.00. The van der Waals surface area contributed by atoms with E-state index in [4.69, 9.17) is 10.5 Å². The van der Waals surface area contributed by atoms with Gasteiger partial charge in [-0.2, -0.15) is 0 Å². The van der Waals surface area contributed by atoms with Gasteiger partial charge in [0.25, 0.3) is 0 Å². The summed E-state index contributed by atoms with van der Waals surface area (Å²) in [6, 6.07) is 9.21. The molecule has 3 nitrogen and oxygen atoms in total. The van der Waals surface area contributed by atoms with Gasteiger partial charge < -0.3 is 10.5 Å². The lowest BCUT2D eigenvalue weighted by Crippen LogP contribution is -2.48. The van der Waals surface area contributed by atoms with E-state index >= 15 is 0 Å². The molecule has 2 atom stereocenters. The van der Waals surface area contributed by atoms with Gasteiger partial charge in [0.05, 0.1) is 13.2 Å². The molecule has 1 heterocycles. The van der Waals surface area contributed by atoms with Crippen molar-refractivity contribution < 1.29 is 4.74 Å². The lowest BCUT2D eigenvalue weighted by Gasteiger charge is -2.40. The van der Waals surface area contributed by atoms with Crippen molar-refractivity contribution in [1.82, 2.24) is 4.90 Å². The number of ether oxygens (including phenoxy) is 1. The molecular weight excluding hydrogens is 292 g/mol. The zero-order chi connectivity index (χ0) is 13.0. The maximum atomic E-state index is 6.00. The summed E-state index contributed by atoms with van der Waals surface area (Å²) in [6.07, 6.45) is 1.10. The predicted octanol–water partition coefficient (Wildman–Crippen LogP) is 2.56. The number of benzene rings is 1. The second-order valence-electron chi connectivity index (χ2n) is 4.68. The molecule has 0 aromatic heterocycles. The summed E-state index contributed by atoms with van der Waals surface area (Å²) < 4.78 is 6.68. The Morgan fingerprint density at radius 3 is 3.06 bits per heavy atom. The minimum absolute atomic E-state index is 0.288. The van der Waals surface area contributed by atoms with Crippen molar-refractivity contribution in [2.24, 2.45) is 5.73 Å². The maximum Gasteiger partial charge on any atom is 0.0622 e. The van der Waals surface area contributed by atoms with Crippen molar-refractivity contribution in [3.8, 4) is 0 Å². The molecular formula is C14H21BrN2O. The molecule has 0 aliphatic carbocycles. The van der Waals surface area contributed by atoms with Crippen molar-refractivity contribution in [1.29, 1.82) is 0 Å². The molecule has 1 aromatic rings. The quantitative estimate of drug-likeness (QED) is 0.928. The highest BCUT2D eigenvalue weighted by Crippen LogP contribution is 2.27. The highest BCUT2D eigenvalue weighted by Gasteiger charge is 2.28. The first-order valence-corrected chi connectivity index (χ1v) is 7.34. The van der Waals surface area contributed by atoms with Gasteiger partial charge in [0.15, 0.2) is 0 Å². The molecule has 100 valence electrons. The topological polar surface area (TPSA) is 38.5 Å². The van der Waals surface area contributed by atoms with Crippen LogP contribution in [0.4, 0.5) is 0 Å². The van der Waals surface area contributed by atoms with E-state index in [0.29, 0.717) is 12.6 Å². The van der Waals surface area contributed by atoms with E-state index in [1.54, 1.807) is 0 Å². The van der Waals surface area contributed by atoms with Crippen molar-refractivity contribution in [2.75, 3.05) is 26.3 Å². The third-order valence-corrected chi connectivity index (χ3v) is 4.09. The van der Waals surface area contributed by atoms with Crippen LogP contribution in [0.2, 0.25) is 0 Å². The normalized spacial score (nSPS) is 22.9. The molecule has 0 bridgehead atoms. The van der Waals surface area contributed by atoms with Crippen LogP contribution in [0.3, 0.4) is 0 Å². The summed E-state index contributed by atoms with van der Waals surface area (Å²) in [6.45, 7) is 5.45. The van der Waals surface area contributed by atoms with Crippen LogP contribution in [-0.2, 0) is 4.74 Å². The first kappa shape index (κ1) is 14.0. The second kappa shape index (κ2) is 6.66. The van der Waals surface area contributed by atoms with Gasteiger partial charge in [-0.3, -0.25) is 4.90 Å². The van der Waals surface area contributed by atoms with Gasteiger partial charge in [-0.05, 0) is 24.1 Å². The van der Waals surface area contributed by atoms with Crippen molar-refractivity contribution in [3.63, 3.8) is 0 Å².